The average Bonchev–Trinajstić information content (AvgIpc) is 3.43. The van der Waals surface area contributed by atoms with Gasteiger partial charge in [0, 0.05) is 42.2 Å². The Labute approximate surface area is 182 Å². The van der Waals surface area contributed by atoms with Crippen molar-refractivity contribution in [2.24, 2.45) is 5.92 Å². The van der Waals surface area contributed by atoms with Crippen LogP contribution in [-0.4, -0.2) is 39.2 Å². The minimum atomic E-state index is -2.92. The highest BCUT2D eigenvalue weighted by Gasteiger charge is 2.61. The smallest absolute Gasteiger partial charge is 0.260 e. The number of aromatic nitrogens is 3. The maximum absolute atomic E-state index is 13.0. The number of carbonyl (C=O) groups excluding carboxylic acids is 2. The third kappa shape index (κ3) is 4.85. The zero-order valence-corrected chi connectivity index (χ0v) is 17.1. The molecular weight excluding hydrogens is 418 g/mol. The number of hydrogen-bond acceptors (Lipinski definition) is 6. The number of nitrogens with one attached hydrogen (secondary N) is 3. The molecule has 1 aliphatic carbocycles. The van der Waals surface area contributed by atoms with Crippen LogP contribution in [0.1, 0.15) is 23.7 Å². The number of anilines is 3. The van der Waals surface area contributed by atoms with E-state index in [2.05, 4.69) is 30.9 Å². The van der Waals surface area contributed by atoms with Crippen LogP contribution in [0.5, 0.6) is 0 Å². The third-order valence-electron chi connectivity index (χ3n) is 4.85. The van der Waals surface area contributed by atoms with Gasteiger partial charge in [-0.05, 0) is 49.4 Å². The van der Waals surface area contributed by atoms with Crippen LogP contribution in [0.3, 0.4) is 0 Å². The van der Waals surface area contributed by atoms with Crippen LogP contribution >= 0.6 is 0 Å². The van der Waals surface area contributed by atoms with Crippen molar-refractivity contribution in [1.82, 2.24) is 20.3 Å². The van der Waals surface area contributed by atoms with Gasteiger partial charge in [-0.1, -0.05) is 0 Å². The van der Waals surface area contributed by atoms with E-state index >= 15 is 0 Å². The molecule has 8 nitrogen and oxygen atoms in total. The summed E-state index contributed by atoms with van der Waals surface area (Å²) < 4.78 is 26.0. The summed E-state index contributed by atoms with van der Waals surface area (Å²) in [4.78, 5) is 36.4. The maximum Gasteiger partial charge on any atom is 0.260 e. The van der Waals surface area contributed by atoms with E-state index in [0.29, 0.717) is 35.0 Å². The molecule has 1 aromatic carbocycles. The van der Waals surface area contributed by atoms with E-state index in [-0.39, 0.29) is 11.7 Å². The Bertz CT molecular complexity index is 1140. The van der Waals surface area contributed by atoms with Gasteiger partial charge in [0.2, 0.25) is 11.9 Å². The summed E-state index contributed by atoms with van der Waals surface area (Å²) in [6.45, 7) is 2.41. The Balaban J connectivity index is 1.41. The number of alkyl halides is 2. The van der Waals surface area contributed by atoms with Crippen molar-refractivity contribution >= 4 is 29.3 Å². The van der Waals surface area contributed by atoms with E-state index in [0.717, 1.165) is 0 Å². The minimum Gasteiger partial charge on any atom is -0.352 e. The molecular formula is C22H20F2N6O2. The van der Waals surface area contributed by atoms with Gasteiger partial charge in [0.15, 0.2) is 0 Å². The van der Waals surface area contributed by atoms with Gasteiger partial charge in [0.1, 0.15) is 11.7 Å². The van der Waals surface area contributed by atoms with Crippen molar-refractivity contribution in [3.05, 3.63) is 60.4 Å². The molecule has 1 fully saturated rings. The average molecular weight is 438 g/mol. The highest BCUT2D eigenvalue weighted by Crippen LogP contribution is 2.49. The fraction of sp³-hybridized carbons (Fsp3) is 0.227. The van der Waals surface area contributed by atoms with Crippen LogP contribution in [-0.2, 0) is 4.79 Å². The molecule has 1 atom stereocenters. The summed E-state index contributed by atoms with van der Waals surface area (Å²) in [7, 11) is 0. The predicted molar refractivity (Wildman–Crippen MR) is 115 cm³/mol. The number of nitrogens with zero attached hydrogens (tertiary/aromatic N) is 3. The van der Waals surface area contributed by atoms with Crippen LogP contribution in [0.2, 0.25) is 0 Å². The van der Waals surface area contributed by atoms with Gasteiger partial charge >= 0.3 is 0 Å². The summed E-state index contributed by atoms with van der Waals surface area (Å²) in [6.07, 6.45) is 2.65. The largest absolute Gasteiger partial charge is 0.352 e. The van der Waals surface area contributed by atoms with Crippen molar-refractivity contribution in [2.75, 3.05) is 17.2 Å². The summed E-state index contributed by atoms with van der Waals surface area (Å²) in [5.74, 6) is -4.54. The van der Waals surface area contributed by atoms with Crippen molar-refractivity contribution in [2.45, 2.75) is 19.3 Å². The molecule has 2 amide bonds. The maximum atomic E-state index is 13.0. The fourth-order valence-corrected chi connectivity index (χ4v) is 3.01. The number of rotatable bonds is 7. The summed E-state index contributed by atoms with van der Waals surface area (Å²) in [6, 6.07) is 11.8. The first-order chi connectivity index (χ1) is 15.4. The van der Waals surface area contributed by atoms with E-state index < -0.39 is 24.2 Å². The first-order valence-corrected chi connectivity index (χ1v) is 9.99. The highest BCUT2D eigenvalue weighted by molar-refractivity contribution is 5.95. The van der Waals surface area contributed by atoms with Crippen molar-refractivity contribution in [1.29, 1.82) is 0 Å². The first kappa shape index (κ1) is 21.3. The second kappa shape index (κ2) is 8.66. The number of carbonyl (C=O) groups is 2. The second-order valence-corrected chi connectivity index (χ2v) is 7.27. The second-order valence-electron chi connectivity index (χ2n) is 7.27. The fourth-order valence-electron chi connectivity index (χ4n) is 3.01. The summed E-state index contributed by atoms with van der Waals surface area (Å²) >= 11 is 0. The molecule has 1 saturated carbocycles. The van der Waals surface area contributed by atoms with E-state index in [1.807, 2.05) is 6.92 Å². The third-order valence-corrected chi connectivity index (χ3v) is 4.85. The van der Waals surface area contributed by atoms with Crippen molar-refractivity contribution in [3.8, 4) is 11.3 Å². The van der Waals surface area contributed by atoms with Gasteiger partial charge in [-0.15, -0.1) is 0 Å². The van der Waals surface area contributed by atoms with E-state index in [4.69, 9.17) is 0 Å². The molecule has 0 aliphatic heterocycles. The van der Waals surface area contributed by atoms with Crippen molar-refractivity contribution in [3.63, 3.8) is 0 Å². The Morgan fingerprint density at radius 1 is 1.09 bits per heavy atom. The molecule has 32 heavy (non-hydrogen) atoms. The number of halogens is 2. The quantitative estimate of drug-likeness (QED) is 0.520. The predicted octanol–water partition coefficient (Wildman–Crippen LogP) is 3.63. The Morgan fingerprint density at radius 2 is 1.84 bits per heavy atom. The number of hydrogen-bond donors (Lipinski definition) is 3. The van der Waals surface area contributed by atoms with Crippen LogP contribution < -0.4 is 16.0 Å². The molecule has 164 valence electrons. The number of amides is 2. The van der Waals surface area contributed by atoms with Crippen LogP contribution in [0, 0.1) is 5.92 Å². The van der Waals surface area contributed by atoms with Gasteiger partial charge in [-0.25, -0.2) is 23.7 Å². The lowest BCUT2D eigenvalue weighted by molar-refractivity contribution is -0.119. The zero-order chi connectivity index (χ0) is 22.7. The van der Waals surface area contributed by atoms with Gasteiger partial charge in [-0.3, -0.25) is 9.59 Å². The molecule has 4 rings (SSSR count). The molecule has 0 bridgehead atoms. The monoisotopic (exact) mass is 438 g/mol. The lowest BCUT2D eigenvalue weighted by Crippen LogP contribution is -2.22. The standard InChI is InChI=1S/C22H20F2N6O2/c1-2-25-19(31)13-3-6-15(7-4-13)28-21-26-10-9-17(29-21)14-5-8-18(27-12-14)30-20(32)16-11-22(16,23)24/h3-10,12,16H,2,11H2,1H3,(H,25,31)(H,26,28,29)(H,27,30,32)/t16-/m0/s1. The number of benzene rings is 1. The summed E-state index contributed by atoms with van der Waals surface area (Å²) in [5.41, 5.74) is 2.51. The van der Waals surface area contributed by atoms with Gasteiger partial charge in [0.25, 0.3) is 11.8 Å². The molecule has 0 unspecified atom stereocenters. The van der Waals surface area contributed by atoms with E-state index in [1.54, 1.807) is 42.6 Å². The minimum absolute atomic E-state index is 0.143. The summed E-state index contributed by atoms with van der Waals surface area (Å²) in [5, 5.41) is 8.21. The molecule has 0 spiro atoms. The normalized spacial score (nSPS) is 16.2. The number of pyridine rings is 1. The molecule has 2 aromatic heterocycles. The van der Waals surface area contributed by atoms with E-state index in [1.165, 1.54) is 12.3 Å². The van der Waals surface area contributed by atoms with Crippen LogP contribution in [0.15, 0.2) is 54.9 Å². The Morgan fingerprint density at radius 3 is 2.47 bits per heavy atom. The lowest BCUT2D eigenvalue weighted by atomic mass is 10.2. The van der Waals surface area contributed by atoms with Gasteiger partial charge < -0.3 is 16.0 Å². The van der Waals surface area contributed by atoms with Gasteiger partial charge in [0.05, 0.1) is 5.69 Å². The van der Waals surface area contributed by atoms with Crippen molar-refractivity contribution < 1.29 is 18.4 Å². The molecule has 0 saturated heterocycles. The lowest BCUT2D eigenvalue weighted by Gasteiger charge is -2.08. The molecule has 1 aliphatic rings. The Hall–Kier alpha value is -3.95. The molecule has 0 radical (unpaired) electrons. The molecule has 2 heterocycles. The SMILES string of the molecule is CCNC(=O)c1ccc(Nc2nccc(-c3ccc(NC(=O)[C@@H]4CC4(F)F)nc3)n2)cc1. The first-order valence-electron chi connectivity index (χ1n) is 9.99. The Kier molecular flexibility index (Phi) is 5.76. The molecule has 3 aromatic rings. The topological polar surface area (TPSA) is 109 Å². The van der Waals surface area contributed by atoms with Crippen LogP contribution in [0.25, 0.3) is 11.3 Å². The van der Waals surface area contributed by atoms with Crippen LogP contribution in [0.4, 0.5) is 26.2 Å². The molecule has 10 heteroatoms. The molecule has 3 N–H and O–H groups in total. The van der Waals surface area contributed by atoms with E-state index in [9.17, 15) is 18.4 Å². The van der Waals surface area contributed by atoms with Gasteiger partial charge in [-0.2, -0.15) is 0 Å². The highest BCUT2D eigenvalue weighted by atomic mass is 19.3. The zero-order valence-electron chi connectivity index (χ0n) is 17.1.